The number of hydrogen-bond donors (Lipinski definition) is 2. The van der Waals surface area contributed by atoms with Gasteiger partial charge in [-0.05, 0) is 41.8 Å². The Labute approximate surface area is 138 Å². The summed E-state index contributed by atoms with van der Waals surface area (Å²) in [5.41, 5.74) is 9.26. The number of amides is 1. The molecule has 0 unspecified atom stereocenters. The maximum Gasteiger partial charge on any atom is 0.248 e. The molecule has 2 rings (SSSR count). The molecule has 0 aliphatic carbocycles. The minimum absolute atomic E-state index is 0.393. The third-order valence-corrected chi connectivity index (χ3v) is 3.97. The van der Waals surface area contributed by atoms with E-state index >= 15 is 0 Å². The molecule has 0 atom stereocenters. The van der Waals surface area contributed by atoms with E-state index in [1.807, 2.05) is 18.2 Å². The molecule has 0 bridgehead atoms. The summed E-state index contributed by atoms with van der Waals surface area (Å²) in [6.07, 6.45) is 5.14. The fourth-order valence-electron chi connectivity index (χ4n) is 2.58. The molecule has 3 heteroatoms. The van der Waals surface area contributed by atoms with E-state index in [2.05, 4.69) is 36.5 Å². The van der Waals surface area contributed by atoms with Gasteiger partial charge in [-0.1, -0.05) is 62.6 Å². The molecule has 0 saturated carbocycles. The summed E-state index contributed by atoms with van der Waals surface area (Å²) in [7, 11) is 0. The second kappa shape index (κ2) is 9.11. The van der Waals surface area contributed by atoms with Crippen molar-refractivity contribution in [3.05, 3.63) is 59.7 Å². The average Bonchev–Trinajstić information content (AvgIpc) is 2.58. The Morgan fingerprint density at radius 1 is 1.00 bits per heavy atom. The van der Waals surface area contributed by atoms with Gasteiger partial charge >= 0.3 is 0 Å². The first-order valence-electron chi connectivity index (χ1n) is 8.40. The highest BCUT2D eigenvalue weighted by Gasteiger charge is 2.03. The topological polar surface area (TPSA) is 55.1 Å². The zero-order valence-electron chi connectivity index (χ0n) is 13.8. The Morgan fingerprint density at radius 2 is 1.78 bits per heavy atom. The maximum absolute atomic E-state index is 11.3. The van der Waals surface area contributed by atoms with Gasteiger partial charge in [-0.3, -0.25) is 4.79 Å². The van der Waals surface area contributed by atoms with E-state index in [0.717, 1.165) is 24.2 Å². The Hall–Kier alpha value is -2.13. The zero-order chi connectivity index (χ0) is 16.5. The minimum atomic E-state index is -0.393. The fourth-order valence-corrected chi connectivity index (χ4v) is 2.58. The lowest BCUT2D eigenvalue weighted by atomic mass is 10.0. The lowest BCUT2D eigenvalue weighted by Crippen LogP contribution is -2.14. The van der Waals surface area contributed by atoms with Gasteiger partial charge in [0.2, 0.25) is 5.91 Å². The van der Waals surface area contributed by atoms with Crippen molar-refractivity contribution in [1.82, 2.24) is 5.32 Å². The molecule has 122 valence electrons. The summed E-state index contributed by atoms with van der Waals surface area (Å²) in [6, 6.07) is 15.9. The number of primary amides is 1. The highest BCUT2D eigenvalue weighted by atomic mass is 16.1. The second-order valence-corrected chi connectivity index (χ2v) is 5.88. The van der Waals surface area contributed by atoms with Crippen LogP contribution in [0.25, 0.3) is 11.1 Å². The largest absolute Gasteiger partial charge is 0.366 e. The van der Waals surface area contributed by atoms with Crippen molar-refractivity contribution >= 4 is 5.91 Å². The summed E-state index contributed by atoms with van der Waals surface area (Å²) in [4.78, 5) is 11.3. The van der Waals surface area contributed by atoms with Crippen molar-refractivity contribution in [3.63, 3.8) is 0 Å². The summed E-state index contributed by atoms with van der Waals surface area (Å²) >= 11 is 0. The summed E-state index contributed by atoms with van der Waals surface area (Å²) in [5.74, 6) is -0.393. The van der Waals surface area contributed by atoms with Gasteiger partial charge in [0.25, 0.3) is 0 Å². The lowest BCUT2D eigenvalue weighted by molar-refractivity contribution is 0.100. The molecular weight excluding hydrogens is 284 g/mol. The first-order valence-corrected chi connectivity index (χ1v) is 8.40. The van der Waals surface area contributed by atoms with Crippen LogP contribution in [-0.4, -0.2) is 12.5 Å². The van der Waals surface area contributed by atoms with Gasteiger partial charge in [-0.25, -0.2) is 0 Å². The first-order chi connectivity index (χ1) is 11.2. The molecular formula is C20H26N2O. The highest BCUT2D eigenvalue weighted by molar-refractivity contribution is 5.94. The maximum atomic E-state index is 11.3. The van der Waals surface area contributed by atoms with E-state index < -0.39 is 5.91 Å². The van der Waals surface area contributed by atoms with Crippen molar-refractivity contribution in [2.75, 3.05) is 6.54 Å². The molecule has 0 aliphatic heterocycles. The van der Waals surface area contributed by atoms with Crippen molar-refractivity contribution in [1.29, 1.82) is 0 Å². The van der Waals surface area contributed by atoms with Crippen LogP contribution in [0.3, 0.4) is 0 Å². The molecule has 0 radical (unpaired) electrons. The predicted octanol–water partition coefficient (Wildman–Crippen LogP) is 4.12. The van der Waals surface area contributed by atoms with E-state index in [0.29, 0.717) is 5.56 Å². The molecule has 1 amide bonds. The smallest absolute Gasteiger partial charge is 0.248 e. The Balaban J connectivity index is 1.89. The zero-order valence-corrected chi connectivity index (χ0v) is 13.8. The van der Waals surface area contributed by atoms with Crippen LogP contribution in [0, 0.1) is 0 Å². The van der Waals surface area contributed by atoms with Crippen LogP contribution >= 0.6 is 0 Å². The van der Waals surface area contributed by atoms with E-state index in [9.17, 15) is 4.79 Å². The van der Waals surface area contributed by atoms with Crippen LogP contribution in [0.4, 0.5) is 0 Å². The molecule has 0 heterocycles. The first kappa shape index (κ1) is 17.2. The van der Waals surface area contributed by atoms with Crippen molar-refractivity contribution in [2.45, 2.75) is 39.2 Å². The highest BCUT2D eigenvalue weighted by Crippen LogP contribution is 2.21. The van der Waals surface area contributed by atoms with Crippen molar-refractivity contribution in [3.8, 4) is 11.1 Å². The monoisotopic (exact) mass is 310 g/mol. The average molecular weight is 310 g/mol. The van der Waals surface area contributed by atoms with Crippen molar-refractivity contribution < 1.29 is 4.79 Å². The number of nitrogens with two attached hydrogens (primary N) is 1. The Morgan fingerprint density at radius 3 is 2.48 bits per heavy atom. The number of rotatable bonds is 9. The Bertz CT molecular complexity index is 620. The van der Waals surface area contributed by atoms with Gasteiger partial charge in [-0.15, -0.1) is 0 Å². The van der Waals surface area contributed by atoms with E-state index in [4.69, 9.17) is 5.73 Å². The standard InChI is InChI=1S/C20H26N2O/c1-2-3-4-5-13-22-15-16-9-11-17(12-10-16)18-7-6-8-19(14-18)20(21)23/h6-12,14,22H,2-5,13,15H2,1H3,(H2,21,23). The SMILES string of the molecule is CCCCCCNCc1ccc(-c2cccc(C(N)=O)c2)cc1. The molecule has 2 aromatic rings. The number of hydrogen-bond acceptors (Lipinski definition) is 2. The van der Waals surface area contributed by atoms with Gasteiger partial charge in [0.05, 0.1) is 0 Å². The second-order valence-electron chi connectivity index (χ2n) is 5.88. The van der Waals surface area contributed by atoms with E-state index in [1.54, 1.807) is 6.07 Å². The lowest BCUT2D eigenvalue weighted by Gasteiger charge is -2.07. The van der Waals surface area contributed by atoms with Crippen molar-refractivity contribution in [2.24, 2.45) is 5.73 Å². The predicted molar refractivity (Wildman–Crippen MR) is 96.2 cm³/mol. The summed E-state index contributed by atoms with van der Waals surface area (Å²) in [5, 5.41) is 3.48. The van der Waals surface area contributed by atoms with Crippen LogP contribution in [0.15, 0.2) is 48.5 Å². The minimum Gasteiger partial charge on any atom is -0.366 e. The molecule has 0 saturated heterocycles. The van der Waals surface area contributed by atoms with Gasteiger partial charge in [0, 0.05) is 12.1 Å². The number of unbranched alkanes of at least 4 members (excludes halogenated alkanes) is 3. The number of carbonyl (C=O) groups is 1. The quantitative estimate of drug-likeness (QED) is 0.684. The fraction of sp³-hybridized carbons (Fsp3) is 0.350. The van der Waals surface area contributed by atoms with E-state index in [1.165, 1.54) is 31.2 Å². The van der Waals surface area contributed by atoms with E-state index in [-0.39, 0.29) is 0 Å². The number of nitrogens with one attached hydrogen (secondary N) is 1. The third kappa shape index (κ3) is 5.53. The molecule has 0 aromatic heterocycles. The van der Waals surface area contributed by atoms with Crippen LogP contribution in [0.1, 0.15) is 48.5 Å². The molecule has 0 spiro atoms. The van der Waals surface area contributed by atoms with Crippen LogP contribution in [0.2, 0.25) is 0 Å². The number of carbonyl (C=O) groups excluding carboxylic acids is 1. The molecule has 23 heavy (non-hydrogen) atoms. The molecule has 3 N–H and O–H groups in total. The van der Waals surface area contributed by atoms with Gasteiger partial charge < -0.3 is 11.1 Å². The summed E-state index contributed by atoms with van der Waals surface area (Å²) < 4.78 is 0. The molecule has 3 nitrogen and oxygen atoms in total. The third-order valence-electron chi connectivity index (χ3n) is 3.97. The van der Waals surface area contributed by atoms with Crippen LogP contribution in [-0.2, 0) is 6.54 Å². The molecule has 0 fully saturated rings. The van der Waals surface area contributed by atoms with Gasteiger partial charge in [0.15, 0.2) is 0 Å². The van der Waals surface area contributed by atoms with Gasteiger partial charge in [-0.2, -0.15) is 0 Å². The van der Waals surface area contributed by atoms with Crippen LogP contribution < -0.4 is 11.1 Å². The Kier molecular flexibility index (Phi) is 6.82. The number of benzene rings is 2. The summed E-state index contributed by atoms with van der Waals surface area (Å²) in [6.45, 7) is 4.20. The molecule has 0 aliphatic rings. The normalized spacial score (nSPS) is 10.7. The van der Waals surface area contributed by atoms with Gasteiger partial charge in [0.1, 0.15) is 0 Å². The van der Waals surface area contributed by atoms with Crippen LogP contribution in [0.5, 0.6) is 0 Å². The molecule has 2 aromatic carbocycles.